The highest BCUT2D eigenvalue weighted by Gasteiger charge is 1.74. The molecule has 0 amide bonds. The van der Waals surface area contributed by atoms with Gasteiger partial charge < -0.3 is 3.79 Å². The summed E-state index contributed by atoms with van der Waals surface area (Å²) in [6.45, 7) is 2.25. The van der Waals surface area contributed by atoms with E-state index in [1.807, 2.05) is 0 Å². The van der Waals surface area contributed by atoms with Crippen molar-refractivity contribution in [3.63, 3.8) is 0 Å². The molecule has 0 saturated heterocycles. The topological polar surface area (TPSA) is 9.23 Å². The molecule has 3 heteroatoms. The lowest BCUT2D eigenvalue weighted by Gasteiger charge is -1.75. The summed E-state index contributed by atoms with van der Waals surface area (Å²) in [4.78, 5) is 0. The molecule has 0 fully saturated rings. The van der Waals surface area contributed by atoms with Crippen LogP contribution in [-0.2, 0) is 3.79 Å². The molecule has 0 bridgehead atoms. The Hall–Kier alpha value is 1.02. The lowest BCUT2D eigenvalue weighted by Crippen LogP contribution is -1.79. The fourth-order valence-electron chi connectivity index (χ4n) is 0.354. The van der Waals surface area contributed by atoms with Crippen LogP contribution in [0, 0.1) is 0 Å². The SMILES string of the molecule is C.CC[CH2][AlH][CH3].C[O][AlH][CH3]. The molecule has 0 aromatic heterocycles. The Morgan fingerprint density at radius 2 is 1.70 bits per heavy atom. The monoisotopic (exact) mass is 176 g/mol. The summed E-state index contributed by atoms with van der Waals surface area (Å²) in [5, 5.41) is 1.53. The van der Waals surface area contributed by atoms with Crippen LogP contribution in [0.5, 0.6) is 0 Å². The zero-order chi connectivity index (χ0) is 7.54. The molecule has 0 radical (unpaired) electrons. The lowest BCUT2D eigenvalue weighted by molar-refractivity contribution is 0.446. The minimum absolute atomic E-state index is 0. The van der Waals surface area contributed by atoms with Gasteiger partial charge in [0.2, 0.25) is 15.2 Å². The largest absolute Gasteiger partial charge is 0.506 e. The summed E-state index contributed by atoms with van der Waals surface area (Å²) < 4.78 is 4.68. The van der Waals surface area contributed by atoms with Gasteiger partial charge in [0.1, 0.15) is 0 Å². The van der Waals surface area contributed by atoms with Crippen LogP contribution in [0.25, 0.3) is 0 Å². The smallest absolute Gasteiger partial charge is 0.432 e. The van der Waals surface area contributed by atoms with Crippen molar-refractivity contribution in [1.82, 2.24) is 0 Å². The summed E-state index contributed by atoms with van der Waals surface area (Å²) in [6.07, 6.45) is 1.41. The van der Waals surface area contributed by atoms with Crippen LogP contribution in [0.1, 0.15) is 20.8 Å². The summed E-state index contributed by atoms with van der Waals surface area (Å²) in [7, 11) is 1.74. The number of hydrogen-bond donors (Lipinski definition) is 0. The van der Waals surface area contributed by atoms with Crippen molar-refractivity contribution in [2.24, 2.45) is 0 Å². The average Bonchev–Trinajstić information content (AvgIpc) is 1.91. The van der Waals surface area contributed by atoms with Gasteiger partial charge in [0.05, 0.1) is 0 Å². The zero-order valence-electron chi connectivity index (χ0n) is 7.24. The molecule has 0 aromatic rings. The average molecular weight is 176 g/mol. The standard InChI is InChI=1S/C3H7.CH3O.CH4.2CH3.2Al.2H/c1-3-2;1-2;;;;;;;/h1,3H2,2H3;1H3;1H4;2*1H3;;;;/q;-1;;;;;+1;;. The van der Waals surface area contributed by atoms with Crippen LogP contribution < -0.4 is 0 Å². The van der Waals surface area contributed by atoms with Crippen molar-refractivity contribution >= 4 is 30.8 Å². The fourth-order valence-corrected chi connectivity index (χ4v) is 1.06. The van der Waals surface area contributed by atoms with E-state index in [4.69, 9.17) is 0 Å². The van der Waals surface area contributed by atoms with Crippen LogP contribution in [0.2, 0.25) is 16.9 Å². The van der Waals surface area contributed by atoms with Gasteiger partial charge in [-0.25, -0.2) is 0 Å². The minimum Gasteiger partial charge on any atom is -0.506 e. The Balaban J connectivity index is -0.0000000910. The van der Waals surface area contributed by atoms with Gasteiger partial charge in [-0.2, -0.15) is 0 Å². The Kier molecular flexibility index (Phi) is 38.7. The molecule has 0 rings (SSSR count). The van der Waals surface area contributed by atoms with Gasteiger partial charge in [-0.1, -0.05) is 31.8 Å². The second kappa shape index (κ2) is 22.5. The van der Waals surface area contributed by atoms with E-state index < -0.39 is 0 Å². The minimum atomic E-state index is -0.0756. The molecule has 0 aliphatic rings. The molecule has 0 unspecified atom stereocenters. The van der Waals surface area contributed by atoms with Crippen molar-refractivity contribution in [2.75, 3.05) is 7.11 Å². The molecule has 0 aliphatic carbocycles. The third kappa shape index (κ3) is 35.9. The lowest BCUT2D eigenvalue weighted by atomic mass is 10.6. The predicted molar refractivity (Wildman–Crippen MR) is 54.9 cm³/mol. The van der Waals surface area contributed by atoms with E-state index in [-0.39, 0.29) is 23.0 Å². The third-order valence-electron chi connectivity index (χ3n) is 0.996. The fraction of sp³-hybridized carbons (Fsp3) is 1.00. The normalized spacial score (nSPS) is 6.40. The van der Waals surface area contributed by atoms with Gasteiger partial charge in [-0.15, -0.1) is 5.79 Å². The highest BCUT2D eigenvalue weighted by atomic mass is 27.1. The van der Waals surface area contributed by atoms with Gasteiger partial charge in [0.25, 0.3) is 0 Å². The van der Waals surface area contributed by atoms with Gasteiger partial charge in [-0.05, 0) is 0 Å². The van der Waals surface area contributed by atoms with Crippen LogP contribution >= 0.6 is 0 Å². The Morgan fingerprint density at radius 3 is 1.70 bits per heavy atom. The molecule has 0 atom stereocenters. The molecule has 0 aromatic carbocycles. The van der Waals surface area contributed by atoms with Crippen molar-refractivity contribution in [1.29, 1.82) is 0 Å². The first-order valence-corrected chi connectivity index (χ1v) is 8.22. The van der Waals surface area contributed by atoms with Gasteiger partial charge in [0.15, 0.2) is 0 Å². The van der Waals surface area contributed by atoms with Crippen LogP contribution in [0.4, 0.5) is 0 Å². The van der Waals surface area contributed by atoms with Gasteiger partial charge >= 0.3 is 15.6 Å². The van der Waals surface area contributed by atoms with E-state index in [0.29, 0.717) is 15.2 Å². The molecule has 0 spiro atoms. The highest BCUT2D eigenvalue weighted by molar-refractivity contribution is 6.33. The summed E-state index contributed by atoms with van der Waals surface area (Å²) in [6, 6.07) is 0. The molecule has 0 heterocycles. The molecular weight excluding hydrogens is 154 g/mol. The van der Waals surface area contributed by atoms with Crippen molar-refractivity contribution in [3.05, 3.63) is 0 Å². The second-order valence-electron chi connectivity index (χ2n) is 1.93. The predicted octanol–water partition coefficient (Wildman–Crippen LogP) is 1.97. The third-order valence-corrected chi connectivity index (χ3v) is 2.99. The van der Waals surface area contributed by atoms with Gasteiger partial charge in [0, 0.05) is 7.11 Å². The maximum absolute atomic E-state index is 4.68. The first-order chi connectivity index (χ1) is 4.33. The summed E-state index contributed by atoms with van der Waals surface area (Å²) >= 11 is 0.338. The van der Waals surface area contributed by atoms with Crippen LogP contribution in [0.3, 0.4) is 0 Å². The summed E-state index contributed by atoms with van der Waals surface area (Å²) in [5.74, 6) is 4.45. The van der Waals surface area contributed by atoms with Crippen LogP contribution in [-0.4, -0.2) is 37.9 Å². The highest BCUT2D eigenvalue weighted by Crippen LogP contribution is 1.81. The van der Waals surface area contributed by atoms with Crippen LogP contribution in [0.15, 0.2) is 0 Å². The molecule has 0 N–H and O–H groups in total. The van der Waals surface area contributed by atoms with E-state index in [1.54, 1.807) is 7.11 Å². The maximum atomic E-state index is 4.68. The Morgan fingerprint density at radius 1 is 1.30 bits per heavy atom. The van der Waals surface area contributed by atoms with E-state index in [9.17, 15) is 0 Å². The Labute approximate surface area is 79.3 Å². The van der Waals surface area contributed by atoms with Crippen molar-refractivity contribution in [2.45, 2.75) is 37.6 Å². The number of rotatable bonds is 3. The van der Waals surface area contributed by atoms with Crippen molar-refractivity contribution in [3.8, 4) is 0 Å². The molecule has 10 heavy (non-hydrogen) atoms. The second-order valence-corrected chi connectivity index (χ2v) is 4.79. The van der Waals surface area contributed by atoms with E-state index >= 15 is 0 Å². The zero-order valence-corrected chi connectivity index (χ0v) is 10.1. The quantitative estimate of drug-likeness (QED) is 0.597. The molecule has 1 nitrogen and oxygen atoms in total. The Bertz CT molecular complexity index is 30.8. The molecule has 0 saturated carbocycles. The van der Waals surface area contributed by atoms with E-state index in [1.165, 1.54) is 11.7 Å². The summed E-state index contributed by atoms with van der Waals surface area (Å²) in [5.41, 5.74) is 0. The first-order valence-electron chi connectivity index (χ1n) is 3.82. The van der Waals surface area contributed by atoms with Crippen molar-refractivity contribution < 1.29 is 3.79 Å². The maximum Gasteiger partial charge on any atom is 0.432 e. The van der Waals surface area contributed by atoms with E-state index in [0.717, 1.165) is 0 Å². The van der Waals surface area contributed by atoms with Gasteiger partial charge in [-0.3, -0.25) is 0 Å². The van der Waals surface area contributed by atoms with E-state index in [2.05, 4.69) is 22.3 Å². The number of hydrogen-bond acceptors (Lipinski definition) is 1. The first kappa shape index (κ1) is 17.2. The molecule has 0 aliphatic heterocycles. The molecular formula is C7H22Al2O. The molecule has 62 valence electrons.